The average Bonchev–Trinajstić information content (AvgIpc) is 2.27. The van der Waals surface area contributed by atoms with Gasteiger partial charge < -0.3 is 15.3 Å². The summed E-state index contributed by atoms with van der Waals surface area (Å²) in [7, 11) is 0. The summed E-state index contributed by atoms with van der Waals surface area (Å²) >= 11 is 0. The molecule has 1 rings (SSSR count). The standard InChI is InChI=1S/C12H15F3O3/c1-7-8(11(18)10(17)5-6-16)3-2-4-9(7)12(13,14)15/h2-4,10-11,16-18H,5-6H2,1H3. The van der Waals surface area contributed by atoms with Crippen LogP contribution in [0.2, 0.25) is 0 Å². The summed E-state index contributed by atoms with van der Waals surface area (Å²) in [5.74, 6) is 0. The fourth-order valence-corrected chi connectivity index (χ4v) is 1.78. The van der Waals surface area contributed by atoms with Crippen LogP contribution in [-0.4, -0.2) is 28.0 Å². The van der Waals surface area contributed by atoms with Crippen LogP contribution in [0.4, 0.5) is 13.2 Å². The fourth-order valence-electron chi connectivity index (χ4n) is 1.78. The molecule has 18 heavy (non-hydrogen) atoms. The van der Waals surface area contributed by atoms with Crippen molar-refractivity contribution in [3.63, 3.8) is 0 Å². The third kappa shape index (κ3) is 3.22. The molecular formula is C12H15F3O3. The van der Waals surface area contributed by atoms with Gasteiger partial charge in [-0.3, -0.25) is 0 Å². The summed E-state index contributed by atoms with van der Waals surface area (Å²) in [6.07, 6.45) is -7.34. The molecule has 0 saturated carbocycles. The van der Waals surface area contributed by atoms with Gasteiger partial charge in [-0.05, 0) is 30.5 Å². The number of hydrogen-bond donors (Lipinski definition) is 3. The topological polar surface area (TPSA) is 60.7 Å². The molecule has 2 unspecified atom stereocenters. The Bertz CT molecular complexity index is 404. The molecule has 2 atom stereocenters. The van der Waals surface area contributed by atoms with E-state index in [1.807, 2.05) is 0 Å². The maximum Gasteiger partial charge on any atom is 0.416 e. The number of alkyl halides is 3. The molecule has 6 heteroatoms. The van der Waals surface area contributed by atoms with Crippen LogP contribution in [0.3, 0.4) is 0 Å². The van der Waals surface area contributed by atoms with Gasteiger partial charge in [0, 0.05) is 6.61 Å². The Morgan fingerprint density at radius 1 is 1.22 bits per heavy atom. The number of rotatable bonds is 4. The van der Waals surface area contributed by atoms with Crippen molar-refractivity contribution in [1.29, 1.82) is 0 Å². The molecule has 0 saturated heterocycles. The molecule has 0 aliphatic carbocycles. The maximum atomic E-state index is 12.7. The second kappa shape index (κ2) is 5.69. The molecule has 1 aromatic rings. The Morgan fingerprint density at radius 2 is 1.83 bits per heavy atom. The van der Waals surface area contributed by atoms with Crippen LogP contribution < -0.4 is 0 Å². The lowest BCUT2D eigenvalue weighted by molar-refractivity contribution is -0.138. The van der Waals surface area contributed by atoms with Crippen molar-refractivity contribution in [1.82, 2.24) is 0 Å². The molecule has 0 fully saturated rings. The van der Waals surface area contributed by atoms with E-state index in [1.54, 1.807) is 0 Å². The first-order chi connectivity index (χ1) is 8.29. The lowest BCUT2D eigenvalue weighted by atomic mass is 9.94. The van der Waals surface area contributed by atoms with Crippen LogP contribution in [0.15, 0.2) is 18.2 Å². The largest absolute Gasteiger partial charge is 0.416 e. The van der Waals surface area contributed by atoms with Crippen molar-refractivity contribution < 1.29 is 28.5 Å². The Kier molecular flexibility index (Phi) is 4.72. The third-order valence-corrected chi connectivity index (χ3v) is 2.79. The highest BCUT2D eigenvalue weighted by atomic mass is 19.4. The van der Waals surface area contributed by atoms with Crippen LogP contribution in [-0.2, 0) is 6.18 Å². The van der Waals surface area contributed by atoms with E-state index in [0.717, 1.165) is 6.07 Å². The molecule has 3 N–H and O–H groups in total. The van der Waals surface area contributed by atoms with Crippen molar-refractivity contribution in [2.75, 3.05) is 6.61 Å². The van der Waals surface area contributed by atoms with Crippen molar-refractivity contribution in [2.24, 2.45) is 0 Å². The molecule has 0 amide bonds. The highest BCUT2D eigenvalue weighted by Gasteiger charge is 2.34. The molecule has 0 aromatic heterocycles. The minimum atomic E-state index is -4.50. The number of benzene rings is 1. The smallest absolute Gasteiger partial charge is 0.396 e. The van der Waals surface area contributed by atoms with Gasteiger partial charge in [-0.15, -0.1) is 0 Å². The highest BCUT2D eigenvalue weighted by molar-refractivity contribution is 5.37. The molecule has 102 valence electrons. The number of aliphatic hydroxyl groups excluding tert-OH is 3. The van der Waals surface area contributed by atoms with Gasteiger partial charge in [0.05, 0.1) is 11.7 Å². The zero-order valence-corrected chi connectivity index (χ0v) is 9.78. The predicted molar refractivity (Wildman–Crippen MR) is 58.9 cm³/mol. The molecule has 0 radical (unpaired) electrons. The summed E-state index contributed by atoms with van der Waals surface area (Å²) in [5, 5.41) is 27.9. The van der Waals surface area contributed by atoms with Crippen molar-refractivity contribution in [3.05, 3.63) is 34.9 Å². The second-order valence-electron chi connectivity index (χ2n) is 4.04. The lowest BCUT2D eigenvalue weighted by Gasteiger charge is -2.21. The zero-order valence-electron chi connectivity index (χ0n) is 9.78. The van der Waals surface area contributed by atoms with Gasteiger partial charge in [0.25, 0.3) is 0 Å². The van der Waals surface area contributed by atoms with E-state index in [-0.39, 0.29) is 24.2 Å². The van der Waals surface area contributed by atoms with E-state index in [1.165, 1.54) is 19.1 Å². The molecule has 0 aliphatic rings. The third-order valence-electron chi connectivity index (χ3n) is 2.79. The normalized spacial score (nSPS) is 15.5. The summed E-state index contributed by atoms with van der Waals surface area (Å²) in [4.78, 5) is 0. The van der Waals surface area contributed by atoms with Gasteiger partial charge in [0.2, 0.25) is 0 Å². The maximum absolute atomic E-state index is 12.7. The Morgan fingerprint density at radius 3 is 2.33 bits per heavy atom. The average molecular weight is 264 g/mol. The van der Waals surface area contributed by atoms with Crippen molar-refractivity contribution >= 4 is 0 Å². The van der Waals surface area contributed by atoms with Gasteiger partial charge in [0.15, 0.2) is 0 Å². The van der Waals surface area contributed by atoms with Gasteiger partial charge in [-0.2, -0.15) is 13.2 Å². The first-order valence-corrected chi connectivity index (χ1v) is 5.42. The monoisotopic (exact) mass is 264 g/mol. The van der Waals surface area contributed by atoms with Gasteiger partial charge in [-0.1, -0.05) is 12.1 Å². The Balaban J connectivity index is 3.11. The van der Waals surface area contributed by atoms with E-state index in [2.05, 4.69) is 0 Å². The molecule has 3 nitrogen and oxygen atoms in total. The molecule has 0 heterocycles. The van der Waals surface area contributed by atoms with E-state index in [0.29, 0.717) is 0 Å². The Labute approximate surface area is 103 Å². The first-order valence-electron chi connectivity index (χ1n) is 5.42. The summed E-state index contributed by atoms with van der Waals surface area (Å²) in [6, 6.07) is 3.43. The summed E-state index contributed by atoms with van der Waals surface area (Å²) in [6.45, 7) is 0.892. The minimum Gasteiger partial charge on any atom is -0.396 e. The second-order valence-corrected chi connectivity index (χ2v) is 4.04. The van der Waals surface area contributed by atoms with Crippen LogP contribution in [0, 0.1) is 6.92 Å². The van der Waals surface area contributed by atoms with E-state index >= 15 is 0 Å². The molecule has 0 aliphatic heterocycles. The van der Waals surface area contributed by atoms with Crippen LogP contribution in [0.25, 0.3) is 0 Å². The van der Waals surface area contributed by atoms with E-state index in [9.17, 15) is 23.4 Å². The number of hydrogen-bond acceptors (Lipinski definition) is 3. The molecule has 0 spiro atoms. The highest BCUT2D eigenvalue weighted by Crippen LogP contribution is 2.35. The Hall–Kier alpha value is -1.11. The summed E-state index contributed by atoms with van der Waals surface area (Å²) in [5.41, 5.74) is -0.935. The van der Waals surface area contributed by atoms with Gasteiger partial charge in [-0.25, -0.2) is 0 Å². The van der Waals surface area contributed by atoms with Crippen molar-refractivity contribution in [2.45, 2.75) is 31.7 Å². The predicted octanol–water partition coefficient (Wildman–Crippen LogP) is 1.79. The number of aliphatic hydroxyl groups is 3. The minimum absolute atomic E-state index is 0.0192. The first kappa shape index (κ1) is 14.9. The zero-order chi connectivity index (χ0) is 13.9. The number of halogens is 3. The quantitative estimate of drug-likeness (QED) is 0.777. The van der Waals surface area contributed by atoms with Gasteiger partial charge in [0.1, 0.15) is 6.10 Å². The lowest BCUT2D eigenvalue weighted by Crippen LogP contribution is -2.21. The summed E-state index contributed by atoms with van der Waals surface area (Å²) < 4.78 is 38.0. The van der Waals surface area contributed by atoms with E-state index in [4.69, 9.17) is 5.11 Å². The van der Waals surface area contributed by atoms with E-state index < -0.39 is 23.9 Å². The molecular weight excluding hydrogens is 249 g/mol. The SMILES string of the molecule is Cc1c(C(O)C(O)CCO)cccc1C(F)(F)F. The molecule has 0 bridgehead atoms. The van der Waals surface area contributed by atoms with Crippen LogP contribution >= 0.6 is 0 Å². The fraction of sp³-hybridized carbons (Fsp3) is 0.500. The van der Waals surface area contributed by atoms with Crippen LogP contribution in [0.1, 0.15) is 29.2 Å². The van der Waals surface area contributed by atoms with Crippen LogP contribution in [0.5, 0.6) is 0 Å². The molecule has 1 aromatic carbocycles. The van der Waals surface area contributed by atoms with Gasteiger partial charge >= 0.3 is 6.18 Å². The van der Waals surface area contributed by atoms with Crippen molar-refractivity contribution in [3.8, 4) is 0 Å².